The van der Waals surface area contributed by atoms with E-state index < -0.39 is 0 Å². The number of pyridine rings is 2. The van der Waals surface area contributed by atoms with Crippen LogP contribution >= 0.6 is 0 Å². The van der Waals surface area contributed by atoms with Gasteiger partial charge in [-0.1, -0.05) is 97.9 Å². The van der Waals surface area contributed by atoms with Crippen LogP contribution in [0, 0.1) is 6.92 Å². The Morgan fingerprint density at radius 1 is 1.06 bits per heavy atom. The molecule has 0 bridgehead atoms. The van der Waals surface area contributed by atoms with Gasteiger partial charge in [-0.05, 0) is 49.1 Å². The van der Waals surface area contributed by atoms with Crippen molar-refractivity contribution in [3.8, 4) is 0 Å². The first-order valence-electron chi connectivity index (χ1n) is 13.4. The second-order valence-electron chi connectivity index (χ2n) is 8.94. The van der Waals surface area contributed by atoms with Gasteiger partial charge in [-0.2, -0.15) is 5.10 Å². The van der Waals surface area contributed by atoms with E-state index in [4.69, 9.17) is 4.98 Å². The minimum Gasteiger partial charge on any atom is -0.257 e. The Labute approximate surface area is 208 Å². The molecule has 0 aromatic carbocycles. The van der Waals surface area contributed by atoms with Crippen LogP contribution in [0.2, 0.25) is 0 Å². The standard InChI is InChI=1S/C22H23N3.C7H16.C2H6/c1-4-17-14-23-25-12-11-19(13-22(17)25)15(2)20-9-10-21(24-16(20)3)18-7-5-6-8-18;1-3-5-7-6-4-2;1-2/h4,9-14,18H,1-2,5-8H2,3H3;3-7H2,1-2H3;1-2H3. The third kappa shape index (κ3) is 7.16. The monoisotopic (exact) mass is 459 g/mol. The van der Waals surface area contributed by atoms with Crippen LogP contribution in [-0.2, 0) is 0 Å². The summed E-state index contributed by atoms with van der Waals surface area (Å²) in [4.78, 5) is 4.89. The summed E-state index contributed by atoms with van der Waals surface area (Å²) < 4.78 is 1.86. The molecule has 0 aliphatic heterocycles. The summed E-state index contributed by atoms with van der Waals surface area (Å²) in [5, 5.41) is 4.34. The van der Waals surface area contributed by atoms with E-state index in [-0.39, 0.29) is 0 Å². The molecule has 184 valence electrons. The number of hydrogen-bond donors (Lipinski definition) is 0. The third-order valence-electron chi connectivity index (χ3n) is 6.53. The van der Waals surface area contributed by atoms with Crippen LogP contribution in [0.5, 0.6) is 0 Å². The molecule has 0 N–H and O–H groups in total. The highest BCUT2D eigenvalue weighted by Gasteiger charge is 2.19. The summed E-state index contributed by atoms with van der Waals surface area (Å²) in [6.45, 7) is 18.8. The van der Waals surface area contributed by atoms with Crippen molar-refractivity contribution in [2.75, 3.05) is 0 Å². The number of unbranched alkanes of at least 4 members (excludes halogenated alkanes) is 4. The molecule has 3 aromatic heterocycles. The largest absolute Gasteiger partial charge is 0.257 e. The molecule has 0 spiro atoms. The Hall–Kier alpha value is -2.68. The summed E-state index contributed by atoms with van der Waals surface area (Å²) in [7, 11) is 0. The molecule has 34 heavy (non-hydrogen) atoms. The van der Waals surface area contributed by atoms with Crippen LogP contribution in [0.25, 0.3) is 17.2 Å². The lowest BCUT2D eigenvalue weighted by atomic mass is 9.96. The van der Waals surface area contributed by atoms with E-state index in [0.717, 1.165) is 33.5 Å². The molecule has 1 aliphatic carbocycles. The molecule has 3 aromatic rings. The van der Waals surface area contributed by atoms with Crippen molar-refractivity contribution < 1.29 is 0 Å². The summed E-state index contributed by atoms with van der Waals surface area (Å²) in [6, 6.07) is 8.56. The summed E-state index contributed by atoms with van der Waals surface area (Å²) in [5.41, 5.74) is 7.59. The van der Waals surface area contributed by atoms with Crippen LogP contribution in [0.4, 0.5) is 0 Å². The van der Waals surface area contributed by atoms with Gasteiger partial charge in [-0.25, -0.2) is 4.52 Å². The fourth-order valence-corrected chi connectivity index (χ4v) is 4.53. The normalized spacial score (nSPS) is 13.1. The zero-order chi connectivity index (χ0) is 24.9. The van der Waals surface area contributed by atoms with Crippen molar-refractivity contribution in [1.29, 1.82) is 0 Å². The molecular formula is C31H45N3. The van der Waals surface area contributed by atoms with Crippen molar-refractivity contribution in [3.05, 3.63) is 77.9 Å². The van der Waals surface area contributed by atoms with E-state index in [9.17, 15) is 0 Å². The van der Waals surface area contributed by atoms with E-state index in [1.165, 1.54) is 63.5 Å². The zero-order valence-corrected chi connectivity index (χ0v) is 22.2. The Balaban J connectivity index is 0.000000393. The minimum absolute atomic E-state index is 0.638. The van der Waals surface area contributed by atoms with Crippen LogP contribution in [0.1, 0.15) is 119 Å². The Morgan fingerprint density at radius 2 is 1.74 bits per heavy atom. The third-order valence-corrected chi connectivity index (χ3v) is 6.53. The van der Waals surface area contributed by atoms with Gasteiger partial charge in [-0.3, -0.25) is 4.98 Å². The average Bonchev–Trinajstić information content (AvgIpc) is 3.55. The second kappa shape index (κ2) is 14.6. The fraction of sp³-hybridized carbons (Fsp3) is 0.484. The predicted octanol–water partition coefficient (Wildman–Crippen LogP) is 9.40. The number of nitrogens with zero attached hydrogens (tertiary/aromatic N) is 3. The molecule has 3 heterocycles. The maximum absolute atomic E-state index is 4.89. The van der Waals surface area contributed by atoms with Crippen molar-refractivity contribution in [2.24, 2.45) is 0 Å². The number of hydrogen-bond acceptors (Lipinski definition) is 2. The first-order chi connectivity index (χ1) is 16.6. The zero-order valence-electron chi connectivity index (χ0n) is 22.2. The van der Waals surface area contributed by atoms with Gasteiger partial charge in [0.15, 0.2) is 0 Å². The number of aryl methyl sites for hydroxylation is 1. The van der Waals surface area contributed by atoms with Crippen molar-refractivity contribution in [1.82, 2.24) is 14.6 Å². The Kier molecular flexibility index (Phi) is 11.8. The topological polar surface area (TPSA) is 30.2 Å². The summed E-state index contributed by atoms with van der Waals surface area (Å²) in [5.74, 6) is 0.638. The lowest BCUT2D eigenvalue weighted by Gasteiger charge is -2.14. The highest BCUT2D eigenvalue weighted by molar-refractivity contribution is 5.82. The van der Waals surface area contributed by atoms with Gasteiger partial charge < -0.3 is 0 Å². The number of rotatable bonds is 8. The van der Waals surface area contributed by atoms with Crippen LogP contribution in [0.3, 0.4) is 0 Å². The van der Waals surface area contributed by atoms with Gasteiger partial charge in [0.25, 0.3) is 0 Å². The molecular weight excluding hydrogens is 414 g/mol. The van der Waals surface area contributed by atoms with Crippen molar-refractivity contribution in [2.45, 2.75) is 98.3 Å². The van der Waals surface area contributed by atoms with Crippen molar-refractivity contribution >= 4 is 17.2 Å². The quantitative estimate of drug-likeness (QED) is 0.314. The van der Waals surface area contributed by atoms with Gasteiger partial charge >= 0.3 is 0 Å². The maximum Gasteiger partial charge on any atom is 0.0739 e. The first-order valence-corrected chi connectivity index (χ1v) is 13.4. The van der Waals surface area contributed by atoms with Gasteiger partial charge in [-0.15, -0.1) is 0 Å². The first kappa shape index (κ1) is 27.6. The second-order valence-corrected chi connectivity index (χ2v) is 8.94. The molecule has 4 rings (SSSR count). The number of fused-ring (bicyclic) bond motifs is 1. The smallest absolute Gasteiger partial charge is 0.0739 e. The lowest BCUT2D eigenvalue weighted by Crippen LogP contribution is -2.01. The van der Waals surface area contributed by atoms with Gasteiger partial charge in [0.2, 0.25) is 0 Å². The van der Waals surface area contributed by atoms with E-state index in [1.54, 1.807) is 0 Å². The molecule has 0 radical (unpaired) electrons. The Morgan fingerprint density at radius 3 is 2.32 bits per heavy atom. The molecule has 1 fully saturated rings. The molecule has 0 amide bonds. The molecule has 0 saturated heterocycles. The van der Waals surface area contributed by atoms with E-state index in [0.29, 0.717) is 5.92 Å². The average molecular weight is 460 g/mol. The highest BCUT2D eigenvalue weighted by atomic mass is 15.2. The van der Waals surface area contributed by atoms with E-state index in [2.05, 4.69) is 63.3 Å². The number of aromatic nitrogens is 3. The molecule has 3 nitrogen and oxygen atoms in total. The SMILES string of the molecule is C=Cc1cnn2ccc(C(=C)c3ccc(C4CCCC4)nc3C)cc12.CC.CCCCCCC. The van der Waals surface area contributed by atoms with Crippen LogP contribution < -0.4 is 0 Å². The highest BCUT2D eigenvalue weighted by Crippen LogP contribution is 2.34. The van der Waals surface area contributed by atoms with Gasteiger partial charge in [0, 0.05) is 34.6 Å². The minimum atomic E-state index is 0.638. The van der Waals surface area contributed by atoms with Gasteiger partial charge in [0.1, 0.15) is 0 Å². The lowest BCUT2D eigenvalue weighted by molar-refractivity contribution is 0.656. The van der Waals surface area contributed by atoms with Crippen LogP contribution in [0.15, 0.2) is 49.8 Å². The summed E-state index contributed by atoms with van der Waals surface area (Å²) >= 11 is 0. The summed E-state index contributed by atoms with van der Waals surface area (Å²) in [6.07, 6.45) is 17.8. The molecule has 3 heteroatoms. The van der Waals surface area contributed by atoms with E-state index in [1.807, 2.05) is 36.8 Å². The Bertz CT molecular complexity index is 1030. The van der Waals surface area contributed by atoms with E-state index >= 15 is 0 Å². The molecule has 1 saturated carbocycles. The predicted molar refractivity (Wildman–Crippen MR) is 149 cm³/mol. The van der Waals surface area contributed by atoms with Crippen molar-refractivity contribution in [3.63, 3.8) is 0 Å². The molecule has 1 aliphatic rings. The molecule has 0 unspecified atom stereocenters. The maximum atomic E-state index is 4.89. The van der Waals surface area contributed by atoms with Crippen LogP contribution in [-0.4, -0.2) is 14.6 Å². The van der Waals surface area contributed by atoms with Gasteiger partial charge in [0.05, 0.1) is 11.7 Å². The fourth-order valence-electron chi connectivity index (χ4n) is 4.53. The molecule has 0 atom stereocenters.